The Bertz CT molecular complexity index is 1560. The molecule has 0 fully saturated rings. The molecule has 1 aliphatic heterocycles. The zero-order chi connectivity index (χ0) is 28.1. The minimum absolute atomic E-state index is 0.0542. The van der Waals surface area contributed by atoms with E-state index in [4.69, 9.17) is 4.52 Å². The van der Waals surface area contributed by atoms with E-state index in [0.717, 1.165) is 22.3 Å². The van der Waals surface area contributed by atoms with Gasteiger partial charge in [0.15, 0.2) is 17.3 Å². The summed E-state index contributed by atoms with van der Waals surface area (Å²) >= 11 is 1.04. The Morgan fingerprint density at radius 1 is 1.26 bits per heavy atom. The van der Waals surface area contributed by atoms with Crippen molar-refractivity contribution in [1.29, 1.82) is 0 Å². The molecular formula is C22H20F3N9O4S. The van der Waals surface area contributed by atoms with Crippen LogP contribution in [-0.2, 0) is 24.1 Å². The van der Waals surface area contributed by atoms with Crippen molar-refractivity contribution in [1.82, 2.24) is 34.6 Å². The maximum atomic E-state index is 13.3. The molecule has 1 aliphatic rings. The average Bonchev–Trinajstić information content (AvgIpc) is 3.60. The molecule has 0 aliphatic carbocycles. The minimum Gasteiger partial charge on any atom is -0.356 e. The maximum Gasteiger partial charge on any atom is 0.418 e. The summed E-state index contributed by atoms with van der Waals surface area (Å²) < 4.78 is 46.1. The Balaban J connectivity index is 1.32. The first-order valence-electron chi connectivity index (χ1n) is 11.3. The van der Waals surface area contributed by atoms with Crippen molar-refractivity contribution < 1.29 is 32.4 Å². The Labute approximate surface area is 221 Å². The van der Waals surface area contributed by atoms with Crippen LogP contribution >= 0.6 is 11.3 Å². The van der Waals surface area contributed by atoms with Gasteiger partial charge < -0.3 is 24.4 Å². The minimum atomic E-state index is -4.56. The van der Waals surface area contributed by atoms with E-state index in [0.29, 0.717) is 5.82 Å². The molecule has 204 valence electrons. The molecule has 0 bridgehead atoms. The number of rotatable bonds is 6. The van der Waals surface area contributed by atoms with Crippen molar-refractivity contribution in [2.45, 2.75) is 39.5 Å². The van der Waals surface area contributed by atoms with Crippen molar-refractivity contribution in [2.75, 3.05) is 17.3 Å². The lowest BCUT2D eigenvalue weighted by molar-refractivity contribution is -0.138. The van der Waals surface area contributed by atoms with Gasteiger partial charge in [-0.15, -0.1) is 11.3 Å². The Morgan fingerprint density at radius 3 is 2.72 bits per heavy atom. The first-order chi connectivity index (χ1) is 18.4. The van der Waals surface area contributed by atoms with Crippen molar-refractivity contribution in [3.63, 3.8) is 0 Å². The van der Waals surface area contributed by atoms with Gasteiger partial charge in [0, 0.05) is 29.9 Å². The summed E-state index contributed by atoms with van der Waals surface area (Å²) in [7, 11) is 1.53. The van der Waals surface area contributed by atoms with Gasteiger partial charge >= 0.3 is 6.18 Å². The van der Waals surface area contributed by atoms with E-state index in [1.165, 1.54) is 41.3 Å². The van der Waals surface area contributed by atoms with Crippen LogP contribution in [0.5, 0.6) is 0 Å². The summed E-state index contributed by atoms with van der Waals surface area (Å²) in [6, 6.07) is 0.961. The molecule has 1 atom stereocenters. The quantitative estimate of drug-likeness (QED) is 0.357. The number of aliphatic hydroxyl groups excluding tert-OH is 1. The van der Waals surface area contributed by atoms with Crippen molar-refractivity contribution in [2.24, 2.45) is 0 Å². The highest BCUT2D eigenvalue weighted by molar-refractivity contribution is 7.13. The van der Waals surface area contributed by atoms with Crippen molar-refractivity contribution in [3.05, 3.63) is 52.6 Å². The third-order valence-electron chi connectivity index (χ3n) is 5.84. The number of carbonyl (C=O) groups excluding carboxylic acids is 2. The number of carbonyl (C=O) groups is 2. The number of halogens is 3. The van der Waals surface area contributed by atoms with Gasteiger partial charge in [-0.3, -0.25) is 19.5 Å². The predicted octanol–water partition coefficient (Wildman–Crippen LogP) is 2.43. The average molecular weight is 564 g/mol. The zero-order valence-corrected chi connectivity index (χ0v) is 21.4. The summed E-state index contributed by atoms with van der Waals surface area (Å²) in [5.41, 5.74) is -0.809. The molecule has 0 spiro atoms. The van der Waals surface area contributed by atoms with Gasteiger partial charge in [-0.2, -0.15) is 18.2 Å². The molecule has 1 unspecified atom stereocenters. The SMILES string of the molecule is Cc1noc(CN2C(=O)c3c(ncn3CC(=O)Nc3csc(-c4cnc(C)c(C(F)(F)F)c4)n3)N(C)C2O)n1. The molecule has 13 nitrogen and oxygen atoms in total. The highest BCUT2D eigenvalue weighted by Crippen LogP contribution is 2.35. The predicted molar refractivity (Wildman–Crippen MR) is 129 cm³/mol. The van der Waals surface area contributed by atoms with Crippen LogP contribution in [0.1, 0.15) is 33.5 Å². The van der Waals surface area contributed by atoms with Crippen LogP contribution in [0.3, 0.4) is 0 Å². The number of thiazole rings is 1. The summed E-state index contributed by atoms with van der Waals surface area (Å²) in [6.07, 6.45) is -3.36. The summed E-state index contributed by atoms with van der Waals surface area (Å²) in [5.74, 6) is -0.405. The Kier molecular flexibility index (Phi) is 6.55. The van der Waals surface area contributed by atoms with Gasteiger partial charge in [-0.25, -0.2) is 9.97 Å². The van der Waals surface area contributed by atoms with E-state index in [1.54, 1.807) is 6.92 Å². The first-order valence-corrected chi connectivity index (χ1v) is 12.2. The zero-order valence-electron chi connectivity index (χ0n) is 20.6. The summed E-state index contributed by atoms with van der Waals surface area (Å²) in [4.78, 5) is 44.7. The second-order valence-corrected chi connectivity index (χ2v) is 9.47. The lowest BCUT2D eigenvalue weighted by Gasteiger charge is -2.37. The van der Waals surface area contributed by atoms with Gasteiger partial charge in [0.2, 0.25) is 18.1 Å². The van der Waals surface area contributed by atoms with Crippen LogP contribution in [-0.4, -0.2) is 64.9 Å². The molecular weight excluding hydrogens is 543 g/mol. The molecule has 0 saturated heterocycles. The topological polar surface area (TPSA) is 155 Å². The van der Waals surface area contributed by atoms with E-state index in [1.807, 2.05) is 0 Å². The van der Waals surface area contributed by atoms with Crippen LogP contribution < -0.4 is 10.2 Å². The molecule has 0 radical (unpaired) electrons. The number of anilines is 2. The van der Waals surface area contributed by atoms with Crippen molar-refractivity contribution >= 4 is 34.8 Å². The van der Waals surface area contributed by atoms with E-state index in [-0.39, 0.29) is 52.6 Å². The Morgan fingerprint density at radius 2 is 2.03 bits per heavy atom. The Hall–Kier alpha value is -4.38. The molecule has 4 aromatic rings. The number of hydrogen-bond donors (Lipinski definition) is 2. The number of amides is 2. The normalized spacial score (nSPS) is 15.6. The molecule has 39 heavy (non-hydrogen) atoms. The largest absolute Gasteiger partial charge is 0.418 e. The lowest BCUT2D eigenvalue weighted by Crippen LogP contribution is -2.54. The highest BCUT2D eigenvalue weighted by Gasteiger charge is 2.39. The highest BCUT2D eigenvalue weighted by atomic mass is 32.1. The van der Waals surface area contributed by atoms with Crippen LogP contribution in [0.4, 0.5) is 24.8 Å². The fraction of sp³-hybridized carbons (Fsp3) is 0.318. The standard InChI is InChI=1S/C22H20F3N9O4S/c1-10-13(22(23,24)25)4-12(5-26-10)19-30-14(8-39-19)29-15(35)6-33-9-27-18-17(33)20(36)34(21(37)32(18)3)7-16-28-11(2)31-38-16/h4-5,8-9,21,37H,6-7H2,1-3H3,(H,29,35). The van der Waals surface area contributed by atoms with Gasteiger partial charge in [-0.1, -0.05) is 5.16 Å². The first kappa shape index (κ1) is 26.2. The molecule has 17 heteroatoms. The lowest BCUT2D eigenvalue weighted by atomic mass is 10.1. The van der Waals surface area contributed by atoms with Crippen LogP contribution in [0.2, 0.25) is 0 Å². The number of hydrogen-bond acceptors (Lipinski definition) is 11. The monoisotopic (exact) mass is 563 g/mol. The number of alkyl halides is 3. The van der Waals surface area contributed by atoms with E-state index in [9.17, 15) is 27.9 Å². The molecule has 2 amide bonds. The number of aryl methyl sites for hydroxylation is 2. The number of aromatic nitrogens is 6. The third kappa shape index (κ3) is 5.05. The second kappa shape index (κ2) is 9.73. The second-order valence-electron chi connectivity index (χ2n) is 8.61. The van der Waals surface area contributed by atoms with E-state index >= 15 is 0 Å². The molecule has 0 saturated carbocycles. The number of pyridine rings is 1. The van der Waals surface area contributed by atoms with Crippen LogP contribution in [0.15, 0.2) is 28.5 Å². The third-order valence-corrected chi connectivity index (χ3v) is 6.73. The smallest absolute Gasteiger partial charge is 0.356 e. The fourth-order valence-corrected chi connectivity index (χ4v) is 4.70. The molecule has 5 rings (SSSR count). The van der Waals surface area contributed by atoms with Gasteiger partial charge in [0.05, 0.1) is 11.9 Å². The van der Waals surface area contributed by atoms with Gasteiger partial charge in [0.25, 0.3) is 5.91 Å². The molecule has 5 heterocycles. The summed E-state index contributed by atoms with van der Waals surface area (Å²) in [6.45, 7) is 2.38. The fourth-order valence-electron chi connectivity index (χ4n) is 3.97. The maximum absolute atomic E-state index is 13.3. The molecule has 2 N–H and O–H groups in total. The number of fused-ring (bicyclic) bond motifs is 1. The van der Waals surface area contributed by atoms with Crippen molar-refractivity contribution in [3.8, 4) is 10.6 Å². The van der Waals surface area contributed by atoms with Crippen LogP contribution in [0, 0.1) is 13.8 Å². The van der Waals surface area contributed by atoms with Gasteiger partial charge in [-0.05, 0) is 19.9 Å². The van der Waals surface area contributed by atoms with E-state index in [2.05, 4.69) is 30.4 Å². The molecule has 0 aromatic carbocycles. The number of nitrogens with zero attached hydrogens (tertiary/aromatic N) is 8. The van der Waals surface area contributed by atoms with E-state index < -0.39 is 29.9 Å². The molecule has 4 aromatic heterocycles. The summed E-state index contributed by atoms with van der Waals surface area (Å²) in [5, 5.41) is 18.6. The van der Waals surface area contributed by atoms with Gasteiger partial charge in [0.1, 0.15) is 23.9 Å². The number of imidazole rings is 1. The number of aliphatic hydroxyl groups is 1. The number of nitrogens with one attached hydrogen (secondary N) is 1. The van der Waals surface area contributed by atoms with Crippen LogP contribution in [0.25, 0.3) is 10.6 Å².